The van der Waals surface area contributed by atoms with Crippen molar-refractivity contribution in [2.75, 3.05) is 51.8 Å². The molecule has 2 aromatic rings. The van der Waals surface area contributed by atoms with Crippen molar-refractivity contribution in [1.82, 2.24) is 9.21 Å². The first-order valence-electron chi connectivity index (χ1n) is 11.0. The number of carbonyl (C=O) groups excluding carboxylic acids is 1. The van der Waals surface area contributed by atoms with E-state index < -0.39 is 10.0 Å². The van der Waals surface area contributed by atoms with Crippen molar-refractivity contribution in [2.45, 2.75) is 23.1 Å². The summed E-state index contributed by atoms with van der Waals surface area (Å²) in [7, 11) is -3.68. The molecule has 33 heavy (non-hydrogen) atoms. The van der Waals surface area contributed by atoms with Crippen LogP contribution in [0.2, 0.25) is 0 Å². The molecule has 0 saturated carbocycles. The Morgan fingerprint density at radius 1 is 1.00 bits per heavy atom. The molecule has 178 valence electrons. The van der Waals surface area contributed by atoms with E-state index in [9.17, 15) is 13.2 Å². The van der Waals surface area contributed by atoms with Crippen LogP contribution in [0.15, 0.2) is 52.3 Å². The van der Waals surface area contributed by atoms with Gasteiger partial charge in [0.2, 0.25) is 15.9 Å². The minimum absolute atomic E-state index is 0.00140. The van der Waals surface area contributed by atoms with E-state index in [1.165, 1.54) is 22.1 Å². The molecule has 0 atom stereocenters. The van der Waals surface area contributed by atoms with Gasteiger partial charge in [-0.25, -0.2) is 8.42 Å². The van der Waals surface area contributed by atoms with Crippen molar-refractivity contribution in [3.8, 4) is 17.2 Å². The zero-order chi connectivity index (χ0) is 23.3. The summed E-state index contributed by atoms with van der Waals surface area (Å²) in [5, 5.41) is 0. The summed E-state index contributed by atoms with van der Waals surface area (Å²) in [6, 6.07) is 12.4. The molecule has 8 nitrogen and oxygen atoms in total. The van der Waals surface area contributed by atoms with Crippen molar-refractivity contribution >= 4 is 27.7 Å². The van der Waals surface area contributed by atoms with Gasteiger partial charge in [0.1, 0.15) is 5.75 Å². The fourth-order valence-electron chi connectivity index (χ4n) is 3.67. The molecule has 2 aliphatic heterocycles. The van der Waals surface area contributed by atoms with Crippen LogP contribution in [0, 0.1) is 0 Å². The molecule has 2 heterocycles. The van der Waals surface area contributed by atoms with Crippen molar-refractivity contribution in [2.24, 2.45) is 0 Å². The topological polar surface area (TPSA) is 85.4 Å². The van der Waals surface area contributed by atoms with Crippen LogP contribution in [0.3, 0.4) is 0 Å². The molecule has 0 radical (unpaired) electrons. The van der Waals surface area contributed by atoms with Gasteiger partial charge >= 0.3 is 0 Å². The maximum absolute atomic E-state index is 13.1. The van der Waals surface area contributed by atoms with Crippen LogP contribution < -0.4 is 14.2 Å². The number of fused-ring (bicyclic) bond motifs is 1. The predicted octanol–water partition coefficient (Wildman–Crippen LogP) is 2.87. The maximum atomic E-state index is 13.1. The number of piperazine rings is 1. The van der Waals surface area contributed by atoms with E-state index in [2.05, 4.69) is 0 Å². The number of thioether (sulfide) groups is 1. The number of amides is 1. The summed E-state index contributed by atoms with van der Waals surface area (Å²) in [4.78, 5) is 15.5. The maximum Gasteiger partial charge on any atom is 0.243 e. The molecule has 0 aliphatic carbocycles. The highest BCUT2D eigenvalue weighted by Crippen LogP contribution is 2.33. The zero-order valence-electron chi connectivity index (χ0n) is 18.6. The Morgan fingerprint density at radius 2 is 1.70 bits per heavy atom. The number of ether oxygens (including phenoxy) is 3. The first-order chi connectivity index (χ1) is 16.0. The monoisotopic (exact) mass is 492 g/mol. The summed E-state index contributed by atoms with van der Waals surface area (Å²) in [6.07, 6.45) is 0.754. The number of hydrogen-bond donors (Lipinski definition) is 0. The first kappa shape index (κ1) is 23.7. The lowest BCUT2D eigenvalue weighted by molar-refractivity contribution is -0.129. The molecule has 0 N–H and O–H groups in total. The summed E-state index contributed by atoms with van der Waals surface area (Å²) in [5.74, 6) is 2.13. The highest BCUT2D eigenvalue weighted by Gasteiger charge is 2.31. The molecule has 10 heteroatoms. The zero-order valence-corrected chi connectivity index (χ0v) is 20.2. The van der Waals surface area contributed by atoms with Gasteiger partial charge in [-0.05, 0) is 43.3 Å². The Balaban J connectivity index is 1.31. The Morgan fingerprint density at radius 3 is 2.39 bits per heavy atom. The fraction of sp³-hybridized carbons (Fsp3) is 0.435. The van der Waals surface area contributed by atoms with E-state index in [0.29, 0.717) is 50.2 Å². The molecule has 2 aromatic carbocycles. The molecule has 0 spiro atoms. The Bertz CT molecular complexity index is 1070. The molecule has 1 saturated heterocycles. The third-order valence-electron chi connectivity index (χ3n) is 5.45. The smallest absolute Gasteiger partial charge is 0.243 e. The number of benzene rings is 2. The SMILES string of the molecule is CCOc1ccc(SCC(=O)N2CCN(S(=O)(=O)c3ccc4c(c3)OCCCO4)CC2)cc1. The fourth-order valence-corrected chi connectivity index (χ4v) is 5.91. The van der Waals surface area contributed by atoms with E-state index >= 15 is 0 Å². The second kappa shape index (κ2) is 10.7. The second-order valence-corrected chi connectivity index (χ2v) is 10.6. The van der Waals surface area contributed by atoms with E-state index in [1.54, 1.807) is 17.0 Å². The molecule has 2 aliphatic rings. The minimum atomic E-state index is -3.68. The molecule has 1 fully saturated rings. The average molecular weight is 493 g/mol. The Hall–Kier alpha value is -2.43. The summed E-state index contributed by atoms with van der Waals surface area (Å²) in [5.41, 5.74) is 0. The quantitative estimate of drug-likeness (QED) is 0.550. The summed E-state index contributed by atoms with van der Waals surface area (Å²) in [6.45, 7) is 4.84. The highest BCUT2D eigenvalue weighted by molar-refractivity contribution is 8.00. The van der Waals surface area contributed by atoms with Crippen LogP contribution in [0.5, 0.6) is 17.2 Å². The van der Waals surface area contributed by atoms with Crippen LogP contribution in [0.4, 0.5) is 0 Å². The summed E-state index contributed by atoms with van der Waals surface area (Å²) >= 11 is 1.46. The molecule has 0 unspecified atom stereocenters. The number of carbonyl (C=O) groups is 1. The van der Waals surface area contributed by atoms with Gasteiger partial charge in [0, 0.05) is 43.6 Å². The van der Waals surface area contributed by atoms with Crippen molar-refractivity contribution in [1.29, 1.82) is 0 Å². The van der Waals surface area contributed by atoms with Gasteiger partial charge in [0.25, 0.3) is 0 Å². The normalized spacial score (nSPS) is 16.8. The van der Waals surface area contributed by atoms with Crippen molar-refractivity contribution in [3.63, 3.8) is 0 Å². The van der Waals surface area contributed by atoms with Crippen LogP contribution in [-0.4, -0.2) is 75.3 Å². The standard InChI is InChI=1S/C23H28N2O6S2/c1-2-29-18-4-6-19(7-5-18)32-17-23(26)24-10-12-25(13-11-24)33(27,28)20-8-9-21-22(16-20)31-15-3-14-30-21/h4-9,16H,2-3,10-15,17H2,1H3. The highest BCUT2D eigenvalue weighted by atomic mass is 32.2. The van der Waals surface area contributed by atoms with Gasteiger partial charge < -0.3 is 19.1 Å². The van der Waals surface area contributed by atoms with Gasteiger partial charge in [-0.15, -0.1) is 11.8 Å². The Kier molecular flexibility index (Phi) is 7.67. The molecule has 0 bridgehead atoms. The predicted molar refractivity (Wildman–Crippen MR) is 126 cm³/mol. The van der Waals surface area contributed by atoms with Crippen molar-refractivity contribution in [3.05, 3.63) is 42.5 Å². The van der Waals surface area contributed by atoms with Crippen LogP contribution >= 0.6 is 11.8 Å². The lowest BCUT2D eigenvalue weighted by Gasteiger charge is -2.34. The van der Waals surface area contributed by atoms with Gasteiger partial charge in [-0.2, -0.15) is 4.31 Å². The van der Waals surface area contributed by atoms with Gasteiger partial charge in [0.15, 0.2) is 11.5 Å². The molecule has 1 amide bonds. The molecular formula is C23H28N2O6S2. The number of sulfonamides is 1. The third kappa shape index (κ3) is 5.74. The lowest BCUT2D eigenvalue weighted by Crippen LogP contribution is -2.50. The third-order valence-corrected chi connectivity index (χ3v) is 8.34. The Labute approximate surface area is 198 Å². The number of nitrogens with zero attached hydrogens (tertiary/aromatic N) is 2. The lowest BCUT2D eigenvalue weighted by atomic mass is 10.3. The van der Waals surface area contributed by atoms with Crippen LogP contribution in [0.1, 0.15) is 13.3 Å². The van der Waals surface area contributed by atoms with Crippen LogP contribution in [0.25, 0.3) is 0 Å². The minimum Gasteiger partial charge on any atom is -0.494 e. The molecular weight excluding hydrogens is 464 g/mol. The summed E-state index contributed by atoms with van der Waals surface area (Å²) < 4.78 is 44.3. The van der Waals surface area contributed by atoms with E-state index in [4.69, 9.17) is 14.2 Å². The van der Waals surface area contributed by atoms with E-state index in [0.717, 1.165) is 17.1 Å². The largest absolute Gasteiger partial charge is 0.494 e. The first-order valence-corrected chi connectivity index (χ1v) is 13.4. The number of hydrogen-bond acceptors (Lipinski definition) is 7. The van der Waals surface area contributed by atoms with E-state index in [-0.39, 0.29) is 23.9 Å². The van der Waals surface area contributed by atoms with E-state index in [1.807, 2.05) is 31.2 Å². The van der Waals surface area contributed by atoms with Crippen molar-refractivity contribution < 1.29 is 27.4 Å². The number of rotatable bonds is 7. The molecule has 0 aromatic heterocycles. The molecule has 4 rings (SSSR count). The average Bonchev–Trinajstić information content (AvgIpc) is 3.08. The second-order valence-electron chi connectivity index (χ2n) is 7.64. The van der Waals surface area contributed by atoms with Crippen LogP contribution in [-0.2, 0) is 14.8 Å². The van der Waals surface area contributed by atoms with Gasteiger partial charge in [-0.3, -0.25) is 4.79 Å². The van der Waals surface area contributed by atoms with Gasteiger partial charge in [0.05, 0.1) is 30.5 Å². The van der Waals surface area contributed by atoms with Gasteiger partial charge in [-0.1, -0.05) is 0 Å².